The number of nitrogens with one attached hydrogen (secondary N) is 2. The Morgan fingerprint density at radius 2 is 1.82 bits per heavy atom. The average Bonchev–Trinajstić information content (AvgIpc) is 3.08. The first-order valence-corrected chi connectivity index (χ1v) is 8.62. The van der Waals surface area contributed by atoms with Gasteiger partial charge in [-0.05, 0) is 18.2 Å². The summed E-state index contributed by atoms with van der Waals surface area (Å²) in [5, 5.41) is 15.1. The minimum Gasteiger partial charge on any atom is -0.466 e. The number of benzene rings is 1. The van der Waals surface area contributed by atoms with E-state index >= 15 is 0 Å². The Labute approximate surface area is 162 Å². The van der Waals surface area contributed by atoms with Crippen molar-refractivity contribution in [1.82, 2.24) is 0 Å². The first-order chi connectivity index (χ1) is 13.1. The molecule has 2 rings (SSSR count). The third-order valence-electron chi connectivity index (χ3n) is 4.00. The number of carbonyl (C=O) groups excluding carboxylic acids is 3. The van der Waals surface area contributed by atoms with Crippen molar-refractivity contribution in [2.45, 2.75) is 34.3 Å². The summed E-state index contributed by atoms with van der Waals surface area (Å²) in [6.45, 7) is 6.17. The molecule has 2 amide bonds. The summed E-state index contributed by atoms with van der Waals surface area (Å²) in [6, 6.07) is 4.59. The molecule has 0 saturated carbocycles. The second-order valence-corrected chi connectivity index (χ2v) is 7.20. The zero-order valence-corrected chi connectivity index (χ0v) is 16.5. The lowest BCUT2D eigenvalue weighted by atomic mass is 9.93. The minimum atomic E-state index is -0.678. The van der Waals surface area contributed by atoms with E-state index in [0.717, 1.165) is 0 Å². The minimum absolute atomic E-state index is 0.103. The lowest BCUT2D eigenvalue weighted by molar-refractivity contribution is -0.123. The predicted octanol–water partition coefficient (Wildman–Crippen LogP) is 3.17. The largest absolute Gasteiger partial charge is 0.466 e. The number of aliphatic hydroxyl groups is 1. The van der Waals surface area contributed by atoms with Crippen LogP contribution in [-0.2, 0) is 20.9 Å². The number of aliphatic hydroxyl groups excluding tert-OH is 1. The molecule has 8 heteroatoms. The number of furan rings is 1. The molecule has 1 aromatic carbocycles. The number of methoxy groups -OCH3 is 1. The highest BCUT2D eigenvalue weighted by molar-refractivity contribution is 6.10. The van der Waals surface area contributed by atoms with Crippen LogP contribution in [0, 0.1) is 5.41 Å². The number of carbonyl (C=O) groups is 3. The van der Waals surface area contributed by atoms with Gasteiger partial charge in [-0.3, -0.25) is 9.59 Å². The molecule has 0 aliphatic rings. The van der Waals surface area contributed by atoms with Gasteiger partial charge in [0.2, 0.25) is 11.8 Å². The van der Waals surface area contributed by atoms with Crippen molar-refractivity contribution in [2.75, 3.05) is 17.7 Å². The second kappa shape index (κ2) is 8.26. The number of esters is 1. The van der Waals surface area contributed by atoms with Crippen molar-refractivity contribution < 1.29 is 28.6 Å². The number of rotatable bonds is 5. The molecule has 150 valence electrons. The van der Waals surface area contributed by atoms with Crippen molar-refractivity contribution in [3.63, 3.8) is 0 Å². The highest BCUT2D eigenvalue weighted by Gasteiger charge is 2.27. The molecule has 0 bridgehead atoms. The van der Waals surface area contributed by atoms with E-state index in [2.05, 4.69) is 10.6 Å². The Hall–Kier alpha value is -3.13. The molecular weight excluding hydrogens is 364 g/mol. The standard InChI is InChI=1S/C20H24N2O6/c1-11(24)21-17-13(18(25)27-5)6-7-14(22-19(26)20(2,3)4)16(17)12-8-9-28-15(12)10-23/h6-9,23H,10H2,1-5H3,(H,21,24)(H,22,26). The maximum Gasteiger partial charge on any atom is 0.340 e. The van der Waals surface area contributed by atoms with Crippen LogP contribution in [0.25, 0.3) is 11.1 Å². The fourth-order valence-corrected chi connectivity index (χ4v) is 2.57. The van der Waals surface area contributed by atoms with Gasteiger partial charge in [-0.15, -0.1) is 0 Å². The first kappa shape index (κ1) is 21.2. The van der Waals surface area contributed by atoms with E-state index in [1.807, 2.05) is 0 Å². The Kier molecular flexibility index (Phi) is 6.25. The molecule has 2 aromatic rings. The molecule has 1 heterocycles. The van der Waals surface area contributed by atoms with Gasteiger partial charge in [0, 0.05) is 23.5 Å². The van der Waals surface area contributed by atoms with E-state index < -0.39 is 23.9 Å². The van der Waals surface area contributed by atoms with Gasteiger partial charge >= 0.3 is 5.97 Å². The first-order valence-electron chi connectivity index (χ1n) is 8.62. The number of hydrogen-bond acceptors (Lipinski definition) is 6. The third kappa shape index (κ3) is 4.40. The number of amides is 2. The summed E-state index contributed by atoms with van der Waals surface area (Å²) in [6.07, 6.45) is 1.37. The van der Waals surface area contributed by atoms with Crippen LogP contribution >= 0.6 is 0 Å². The van der Waals surface area contributed by atoms with Crippen molar-refractivity contribution in [3.8, 4) is 11.1 Å². The van der Waals surface area contributed by atoms with E-state index in [1.165, 1.54) is 26.4 Å². The van der Waals surface area contributed by atoms with E-state index in [1.54, 1.807) is 32.9 Å². The van der Waals surface area contributed by atoms with Crippen LogP contribution in [0.2, 0.25) is 0 Å². The molecule has 0 aliphatic heterocycles. The van der Waals surface area contributed by atoms with Crippen LogP contribution in [0.4, 0.5) is 11.4 Å². The van der Waals surface area contributed by atoms with Crippen molar-refractivity contribution in [2.24, 2.45) is 5.41 Å². The predicted molar refractivity (Wildman–Crippen MR) is 104 cm³/mol. The molecule has 3 N–H and O–H groups in total. The molecule has 8 nitrogen and oxygen atoms in total. The van der Waals surface area contributed by atoms with E-state index in [9.17, 15) is 19.5 Å². The number of ether oxygens (including phenoxy) is 1. The molecule has 0 saturated heterocycles. The van der Waals surface area contributed by atoms with Gasteiger partial charge in [0.25, 0.3) is 0 Å². The summed E-state index contributed by atoms with van der Waals surface area (Å²) < 4.78 is 10.1. The van der Waals surface area contributed by atoms with Gasteiger partial charge < -0.3 is 24.9 Å². The lowest BCUT2D eigenvalue weighted by Crippen LogP contribution is -2.28. The van der Waals surface area contributed by atoms with Crippen LogP contribution < -0.4 is 10.6 Å². The zero-order chi connectivity index (χ0) is 21.1. The van der Waals surface area contributed by atoms with Gasteiger partial charge in [-0.2, -0.15) is 0 Å². The fraction of sp³-hybridized carbons (Fsp3) is 0.350. The number of anilines is 2. The molecule has 0 aliphatic carbocycles. The summed E-state index contributed by atoms with van der Waals surface area (Å²) in [5.41, 5.74) is 0.707. The molecule has 0 unspecified atom stereocenters. The van der Waals surface area contributed by atoms with Crippen LogP contribution in [-0.4, -0.2) is 30.0 Å². The van der Waals surface area contributed by atoms with Crippen LogP contribution in [0.1, 0.15) is 43.8 Å². The Morgan fingerprint density at radius 1 is 1.14 bits per heavy atom. The molecule has 0 atom stereocenters. The maximum atomic E-state index is 12.6. The normalized spacial score (nSPS) is 11.1. The van der Waals surface area contributed by atoms with Crippen molar-refractivity contribution in [3.05, 3.63) is 35.8 Å². The molecule has 1 aromatic heterocycles. The molecule has 0 radical (unpaired) electrons. The quantitative estimate of drug-likeness (QED) is 0.677. The summed E-state index contributed by atoms with van der Waals surface area (Å²) in [4.78, 5) is 36.6. The van der Waals surface area contributed by atoms with E-state index in [0.29, 0.717) is 16.8 Å². The van der Waals surface area contributed by atoms with Crippen molar-refractivity contribution >= 4 is 29.2 Å². The third-order valence-corrected chi connectivity index (χ3v) is 4.00. The Morgan fingerprint density at radius 3 is 2.36 bits per heavy atom. The van der Waals surface area contributed by atoms with Gasteiger partial charge in [-0.25, -0.2) is 4.79 Å². The Bertz CT molecular complexity index is 908. The summed E-state index contributed by atoms with van der Waals surface area (Å²) in [7, 11) is 1.23. The SMILES string of the molecule is COC(=O)c1ccc(NC(=O)C(C)(C)C)c(-c2ccoc2CO)c1NC(C)=O. The van der Waals surface area contributed by atoms with Crippen LogP contribution in [0.5, 0.6) is 0 Å². The van der Waals surface area contributed by atoms with E-state index in [4.69, 9.17) is 9.15 Å². The lowest BCUT2D eigenvalue weighted by Gasteiger charge is -2.22. The highest BCUT2D eigenvalue weighted by Crippen LogP contribution is 2.41. The second-order valence-electron chi connectivity index (χ2n) is 7.20. The molecular formula is C20H24N2O6. The van der Waals surface area contributed by atoms with Crippen LogP contribution in [0.3, 0.4) is 0 Å². The molecule has 0 fully saturated rings. The van der Waals surface area contributed by atoms with Crippen molar-refractivity contribution in [1.29, 1.82) is 0 Å². The van der Waals surface area contributed by atoms with Gasteiger partial charge in [-0.1, -0.05) is 20.8 Å². The monoisotopic (exact) mass is 388 g/mol. The Balaban J connectivity index is 2.80. The van der Waals surface area contributed by atoms with Gasteiger partial charge in [0.15, 0.2) is 0 Å². The highest BCUT2D eigenvalue weighted by atomic mass is 16.5. The topological polar surface area (TPSA) is 118 Å². The van der Waals surface area contributed by atoms with Crippen LogP contribution in [0.15, 0.2) is 28.9 Å². The van der Waals surface area contributed by atoms with Gasteiger partial charge in [0.05, 0.1) is 30.3 Å². The molecule has 28 heavy (non-hydrogen) atoms. The number of hydrogen-bond donors (Lipinski definition) is 3. The smallest absolute Gasteiger partial charge is 0.340 e. The molecule has 0 spiro atoms. The maximum absolute atomic E-state index is 12.6. The van der Waals surface area contributed by atoms with E-state index in [-0.39, 0.29) is 22.9 Å². The fourth-order valence-electron chi connectivity index (χ4n) is 2.57. The summed E-state index contributed by atoms with van der Waals surface area (Å²) >= 11 is 0. The average molecular weight is 388 g/mol. The van der Waals surface area contributed by atoms with Gasteiger partial charge in [0.1, 0.15) is 12.4 Å². The zero-order valence-electron chi connectivity index (χ0n) is 16.5. The summed E-state index contributed by atoms with van der Waals surface area (Å²) in [5.74, 6) is -1.12.